The number of amides is 1. The Bertz CT molecular complexity index is 448. The van der Waals surface area contributed by atoms with E-state index in [2.05, 4.69) is 5.32 Å². The van der Waals surface area contributed by atoms with E-state index in [1.165, 1.54) is 0 Å². The average molecular weight is 285 g/mol. The van der Waals surface area contributed by atoms with E-state index in [1.807, 2.05) is 45.0 Å². The predicted molar refractivity (Wildman–Crippen MR) is 78.9 cm³/mol. The number of rotatable bonds is 3. The summed E-state index contributed by atoms with van der Waals surface area (Å²) in [6.45, 7) is 5.98. The van der Waals surface area contributed by atoms with Crippen molar-refractivity contribution in [3.8, 4) is 5.75 Å². The monoisotopic (exact) mass is 284 g/mol. The lowest BCUT2D eigenvalue weighted by molar-refractivity contribution is -0.118. The van der Waals surface area contributed by atoms with Crippen molar-refractivity contribution in [2.75, 3.05) is 5.32 Å². The molecule has 1 aromatic carbocycles. The summed E-state index contributed by atoms with van der Waals surface area (Å²) in [5.74, 6) is 0.682. The Balaban J connectivity index is 0.00000180. The van der Waals surface area contributed by atoms with Crippen molar-refractivity contribution in [3.63, 3.8) is 0 Å². The number of nitrogens with one attached hydrogen (secondary N) is 1. The summed E-state index contributed by atoms with van der Waals surface area (Å²) in [6.07, 6.45) is 1.54. The van der Waals surface area contributed by atoms with Crippen LogP contribution in [0.5, 0.6) is 5.75 Å². The largest absolute Gasteiger partial charge is 0.488 e. The van der Waals surface area contributed by atoms with Gasteiger partial charge in [0.05, 0.1) is 5.54 Å². The van der Waals surface area contributed by atoms with E-state index in [4.69, 9.17) is 10.5 Å². The molecular formula is C14H21ClN2O2. The van der Waals surface area contributed by atoms with E-state index < -0.39 is 5.54 Å². The predicted octanol–water partition coefficient (Wildman–Crippen LogP) is 2.72. The Morgan fingerprint density at radius 3 is 2.21 bits per heavy atom. The standard InChI is InChI=1S/C14H20N2O2.ClH/c1-13(2,3)18-11-6-4-10(5-7-11)16-12(17)14(15)8-9-14;/h4-7H,8-9,15H2,1-3H3,(H,16,17);1H. The molecule has 0 radical (unpaired) electrons. The molecule has 1 aromatic rings. The molecule has 1 aliphatic carbocycles. The van der Waals surface area contributed by atoms with Gasteiger partial charge in [0.1, 0.15) is 11.4 Å². The minimum atomic E-state index is -0.638. The van der Waals surface area contributed by atoms with Gasteiger partial charge in [-0.15, -0.1) is 12.4 Å². The first-order valence-electron chi connectivity index (χ1n) is 6.18. The summed E-state index contributed by atoms with van der Waals surface area (Å²) in [4.78, 5) is 11.7. The van der Waals surface area contributed by atoms with Crippen LogP contribution < -0.4 is 15.8 Å². The molecule has 0 heterocycles. The number of hydrogen-bond acceptors (Lipinski definition) is 3. The minimum Gasteiger partial charge on any atom is -0.488 e. The lowest BCUT2D eigenvalue weighted by Gasteiger charge is -2.21. The quantitative estimate of drug-likeness (QED) is 0.897. The SMILES string of the molecule is CC(C)(C)Oc1ccc(NC(=O)C2(N)CC2)cc1.Cl. The molecule has 0 bridgehead atoms. The van der Waals surface area contributed by atoms with Crippen molar-refractivity contribution in [1.82, 2.24) is 0 Å². The van der Waals surface area contributed by atoms with Gasteiger partial charge < -0.3 is 15.8 Å². The van der Waals surface area contributed by atoms with Crippen LogP contribution in [0, 0.1) is 0 Å². The van der Waals surface area contributed by atoms with Crippen molar-refractivity contribution < 1.29 is 9.53 Å². The molecule has 1 saturated carbocycles. The van der Waals surface area contributed by atoms with Gasteiger partial charge in [-0.2, -0.15) is 0 Å². The first-order chi connectivity index (χ1) is 8.28. The Morgan fingerprint density at radius 2 is 1.79 bits per heavy atom. The van der Waals surface area contributed by atoms with Crippen LogP contribution in [0.2, 0.25) is 0 Å². The van der Waals surface area contributed by atoms with Crippen molar-refractivity contribution in [1.29, 1.82) is 0 Å². The molecule has 1 fully saturated rings. The Morgan fingerprint density at radius 1 is 1.26 bits per heavy atom. The van der Waals surface area contributed by atoms with Gasteiger partial charge in [0.15, 0.2) is 0 Å². The van der Waals surface area contributed by atoms with Crippen LogP contribution in [-0.4, -0.2) is 17.0 Å². The van der Waals surface area contributed by atoms with Gasteiger partial charge in [0.2, 0.25) is 5.91 Å². The van der Waals surface area contributed by atoms with Crippen LogP contribution in [0.15, 0.2) is 24.3 Å². The third kappa shape index (κ3) is 4.40. The summed E-state index contributed by atoms with van der Waals surface area (Å²) in [6, 6.07) is 7.34. The van der Waals surface area contributed by atoms with Gasteiger partial charge in [-0.05, 0) is 57.9 Å². The zero-order valence-electron chi connectivity index (χ0n) is 11.5. The molecule has 5 heteroatoms. The van der Waals surface area contributed by atoms with Crippen LogP contribution >= 0.6 is 12.4 Å². The molecule has 0 unspecified atom stereocenters. The molecule has 106 valence electrons. The first-order valence-corrected chi connectivity index (χ1v) is 6.18. The fraction of sp³-hybridized carbons (Fsp3) is 0.500. The van der Waals surface area contributed by atoms with Crippen LogP contribution in [-0.2, 0) is 4.79 Å². The molecule has 3 N–H and O–H groups in total. The summed E-state index contributed by atoms with van der Waals surface area (Å²) in [5.41, 5.74) is 5.70. The van der Waals surface area contributed by atoms with E-state index in [-0.39, 0.29) is 23.9 Å². The number of ether oxygens (including phenoxy) is 1. The highest BCUT2D eigenvalue weighted by Crippen LogP contribution is 2.33. The molecule has 1 aliphatic rings. The number of carbonyl (C=O) groups excluding carboxylic acids is 1. The van der Waals surface area contributed by atoms with E-state index in [9.17, 15) is 4.79 Å². The summed E-state index contributed by atoms with van der Waals surface area (Å²) >= 11 is 0. The summed E-state index contributed by atoms with van der Waals surface area (Å²) in [5, 5.41) is 2.81. The third-order valence-electron chi connectivity index (χ3n) is 2.78. The normalized spacial score (nSPS) is 16.2. The van der Waals surface area contributed by atoms with E-state index >= 15 is 0 Å². The lowest BCUT2D eigenvalue weighted by atomic mass is 10.2. The number of nitrogens with two attached hydrogens (primary N) is 1. The number of anilines is 1. The van der Waals surface area contributed by atoms with Crippen molar-refractivity contribution in [2.45, 2.75) is 44.8 Å². The Hall–Kier alpha value is -1.26. The maximum Gasteiger partial charge on any atom is 0.244 e. The zero-order chi connectivity index (χ0) is 13.4. The molecule has 19 heavy (non-hydrogen) atoms. The number of carbonyl (C=O) groups is 1. The van der Waals surface area contributed by atoms with Crippen LogP contribution in [0.1, 0.15) is 33.6 Å². The molecule has 2 rings (SSSR count). The molecule has 0 aromatic heterocycles. The minimum absolute atomic E-state index is 0. The zero-order valence-corrected chi connectivity index (χ0v) is 12.3. The lowest BCUT2D eigenvalue weighted by Crippen LogP contribution is -2.37. The van der Waals surface area contributed by atoms with E-state index in [1.54, 1.807) is 0 Å². The van der Waals surface area contributed by atoms with Gasteiger partial charge in [-0.1, -0.05) is 0 Å². The fourth-order valence-electron chi connectivity index (χ4n) is 1.58. The van der Waals surface area contributed by atoms with Crippen molar-refractivity contribution in [2.24, 2.45) is 5.73 Å². The highest BCUT2D eigenvalue weighted by atomic mass is 35.5. The van der Waals surface area contributed by atoms with E-state index in [0.717, 1.165) is 24.3 Å². The molecular weight excluding hydrogens is 264 g/mol. The molecule has 1 amide bonds. The smallest absolute Gasteiger partial charge is 0.244 e. The van der Waals surface area contributed by atoms with E-state index in [0.29, 0.717) is 0 Å². The first kappa shape index (κ1) is 15.8. The van der Waals surface area contributed by atoms with Crippen LogP contribution in [0.25, 0.3) is 0 Å². The van der Waals surface area contributed by atoms with Gasteiger partial charge in [0.25, 0.3) is 0 Å². The number of hydrogen-bond donors (Lipinski definition) is 2. The van der Waals surface area contributed by atoms with Gasteiger partial charge in [-0.25, -0.2) is 0 Å². The van der Waals surface area contributed by atoms with Crippen LogP contribution in [0.3, 0.4) is 0 Å². The van der Waals surface area contributed by atoms with Gasteiger partial charge >= 0.3 is 0 Å². The maximum atomic E-state index is 11.7. The second-order valence-corrected chi connectivity index (χ2v) is 5.85. The van der Waals surface area contributed by atoms with Gasteiger partial charge in [0, 0.05) is 5.69 Å². The molecule has 4 nitrogen and oxygen atoms in total. The fourth-order valence-corrected chi connectivity index (χ4v) is 1.58. The van der Waals surface area contributed by atoms with Gasteiger partial charge in [-0.3, -0.25) is 4.79 Å². The third-order valence-corrected chi connectivity index (χ3v) is 2.78. The summed E-state index contributed by atoms with van der Waals surface area (Å²) in [7, 11) is 0. The topological polar surface area (TPSA) is 64.3 Å². The van der Waals surface area contributed by atoms with Crippen molar-refractivity contribution in [3.05, 3.63) is 24.3 Å². The number of benzene rings is 1. The Kier molecular flexibility index (Phi) is 4.48. The average Bonchev–Trinajstić information content (AvgIpc) is 2.99. The highest BCUT2D eigenvalue weighted by Gasteiger charge is 2.45. The molecule has 0 saturated heterocycles. The molecule has 0 atom stereocenters. The second kappa shape index (κ2) is 5.39. The van der Waals surface area contributed by atoms with Crippen molar-refractivity contribution >= 4 is 24.0 Å². The van der Waals surface area contributed by atoms with Crippen LogP contribution in [0.4, 0.5) is 5.69 Å². The second-order valence-electron chi connectivity index (χ2n) is 5.85. The molecule has 0 spiro atoms. The maximum absolute atomic E-state index is 11.7. The number of halogens is 1. The summed E-state index contributed by atoms with van der Waals surface area (Å²) < 4.78 is 5.70. The highest BCUT2D eigenvalue weighted by molar-refractivity contribution is 6.00. The molecule has 0 aliphatic heterocycles. The Labute approximate surface area is 120 Å².